The molecule has 9 nitrogen and oxygen atoms in total. The fraction of sp³-hybridized carbons (Fsp3) is 0.788. The number of ketones is 2. The van der Waals surface area contributed by atoms with Gasteiger partial charge in [-0.05, 0) is 70.9 Å². The smallest absolute Gasteiger partial charge is 0.302 e. The number of allylic oxidation sites excluding steroid dienone is 1. The number of rotatable bonds is 8. The molecule has 10 atom stereocenters. The molecule has 0 spiro atoms. The normalized spacial score (nSPS) is 38.7. The molecule has 0 aromatic rings. The van der Waals surface area contributed by atoms with Gasteiger partial charge in [-0.15, -0.1) is 0 Å². The highest BCUT2D eigenvalue weighted by molar-refractivity contribution is 6.08. The van der Waals surface area contributed by atoms with Crippen LogP contribution >= 0.6 is 0 Å². The predicted octanol–water partition coefficient (Wildman–Crippen LogP) is 3.96. The molecule has 1 saturated heterocycles. The average Bonchev–Trinajstić information content (AvgIpc) is 2.86. The molecule has 236 valence electrons. The first-order chi connectivity index (χ1) is 19.3. The van der Waals surface area contributed by atoms with Gasteiger partial charge >= 0.3 is 5.97 Å². The van der Waals surface area contributed by atoms with E-state index in [9.17, 15) is 29.7 Å². The minimum atomic E-state index is -2.00. The molecule has 4 aliphatic rings. The highest BCUT2D eigenvalue weighted by Gasteiger charge is 2.66. The van der Waals surface area contributed by atoms with Gasteiger partial charge in [0.15, 0.2) is 11.4 Å². The van der Waals surface area contributed by atoms with E-state index in [1.165, 1.54) is 19.9 Å². The Morgan fingerprint density at radius 1 is 1.17 bits per heavy atom. The van der Waals surface area contributed by atoms with Crippen molar-refractivity contribution in [3.05, 3.63) is 23.0 Å². The van der Waals surface area contributed by atoms with E-state index in [0.29, 0.717) is 32.1 Å². The van der Waals surface area contributed by atoms with Crippen LogP contribution in [0.4, 0.5) is 0 Å². The van der Waals surface area contributed by atoms with E-state index in [4.69, 9.17) is 14.2 Å². The number of carbonyl (C=O) groups is 3. The first-order valence-electron chi connectivity index (χ1n) is 15.4. The molecule has 0 bridgehead atoms. The Bertz CT molecular complexity index is 1180. The number of esters is 1. The number of ether oxygens (including phenoxy) is 3. The lowest BCUT2D eigenvalue weighted by Gasteiger charge is -2.62. The molecule has 3 N–H and O–H groups in total. The summed E-state index contributed by atoms with van der Waals surface area (Å²) < 4.78 is 18.8. The lowest BCUT2D eigenvalue weighted by Crippen LogP contribution is -2.67. The van der Waals surface area contributed by atoms with Gasteiger partial charge in [0.2, 0.25) is 0 Å². The molecule has 9 heteroatoms. The van der Waals surface area contributed by atoms with E-state index in [1.807, 2.05) is 27.7 Å². The quantitative estimate of drug-likeness (QED) is 0.359. The Kier molecular flexibility index (Phi) is 8.70. The van der Waals surface area contributed by atoms with Crippen molar-refractivity contribution in [2.45, 2.75) is 142 Å². The summed E-state index contributed by atoms with van der Waals surface area (Å²) >= 11 is 0. The molecule has 2 heterocycles. The van der Waals surface area contributed by atoms with Crippen LogP contribution in [0.3, 0.4) is 0 Å². The second-order valence-electron chi connectivity index (χ2n) is 14.4. The maximum absolute atomic E-state index is 13.9. The molecule has 2 aliphatic heterocycles. The number of Topliss-reactive ketones (excluding diaryl/α,β-unsaturated/α-hetero) is 1. The van der Waals surface area contributed by atoms with Crippen molar-refractivity contribution in [1.29, 1.82) is 0 Å². The zero-order chi connectivity index (χ0) is 31.6. The maximum atomic E-state index is 13.9. The molecule has 0 unspecified atom stereocenters. The van der Waals surface area contributed by atoms with Gasteiger partial charge in [0.1, 0.15) is 23.2 Å². The number of aliphatic hydroxyl groups is 3. The van der Waals surface area contributed by atoms with Gasteiger partial charge in [-0.2, -0.15) is 0 Å². The molecule has 42 heavy (non-hydrogen) atoms. The van der Waals surface area contributed by atoms with E-state index in [-0.39, 0.29) is 47.2 Å². The highest BCUT2D eigenvalue weighted by atomic mass is 16.5. The van der Waals surface area contributed by atoms with Crippen molar-refractivity contribution >= 4 is 17.5 Å². The molecule has 0 aromatic carbocycles. The molecule has 0 radical (unpaired) electrons. The summed E-state index contributed by atoms with van der Waals surface area (Å²) in [5, 5.41) is 35.1. The van der Waals surface area contributed by atoms with Crippen LogP contribution in [-0.4, -0.2) is 74.1 Å². The van der Waals surface area contributed by atoms with Crippen molar-refractivity contribution in [2.75, 3.05) is 0 Å². The van der Waals surface area contributed by atoms with Crippen LogP contribution in [0.5, 0.6) is 0 Å². The fourth-order valence-electron chi connectivity index (χ4n) is 8.36. The van der Waals surface area contributed by atoms with Crippen molar-refractivity contribution in [3.8, 4) is 0 Å². The first-order valence-corrected chi connectivity index (χ1v) is 15.4. The van der Waals surface area contributed by atoms with Crippen LogP contribution < -0.4 is 0 Å². The number of carbonyl (C=O) groups excluding carboxylic acids is 3. The topological polar surface area (TPSA) is 140 Å². The molecule has 0 amide bonds. The molecular weight excluding hydrogens is 540 g/mol. The SMILES string of the molecule is CC[C@H](C)[C@H](OC(C)=O)[C@@H](C)C1=CC(=O)C2=C(O[C@]3(C)CC[C@H]4O[C@@H](C(C)(C)O)CC[C@]4(C)[C@H]3[C@@H]2O)[C@]1(O)CC(C)=O. The van der Waals surface area contributed by atoms with Crippen LogP contribution in [0.1, 0.15) is 101 Å². The highest BCUT2D eigenvalue weighted by Crippen LogP contribution is 2.61. The first kappa shape index (κ1) is 32.8. The minimum Gasteiger partial charge on any atom is -0.487 e. The number of fused-ring (bicyclic) bond motifs is 3. The summed E-state index contributed by atoms with van der Waals surface area (Å²) in [5.41, 5.74) is -4.33. The van der Waals surface area contributed by atoms with Crippen molar-refractivity contribution in [2.24, 2.45) is 23.2 Å². The van der Waals surface area contributed by atoms with Crippen LogP contribution in [0.2, 0.25) is 0 Å². The Hall–Kier alpha value is -2.07. The monoisotopic (exact) mass is 590 g/mol. The van der Waals surface area contributed by atoms with E-state index < -0.39 is 58.0 Å². The summed E-state index contributed by atoms with van der Waals surface area (Å²) in [7, 11) is 0. The largest absolute Gasteiger partial charge is 0.487 e. The molecule has 2 aliphatic carbocycles. The number of aliphatic hydroxyl groups excluding tert-OH is 1. The lowest BCUT2D eigenvalue weighted by atomic mass is 9.52. The van der Waals surface area contributed by atoms with Crippen molar-refractivity contribution < 1.29 is 43.9 Å². The summed E-state index contributed by atoms with van der Waals surface area (Å²) in [6.45, 7) is 15.8. The average molecular weight is 591 g/mol. The molecule has 2 fully saturated rings. The standard InChI is InChI=1S/C33H50O9/c1-10-17(2)27(40-20(5)35)19(4)21-15-22(36)25-26(37)28-31(8)13-11-23(30(6,7)38)41-24(31)12-14-32(28,9)42-29(25)33(21,39)16-18(3)34/h15,17,19,23-24,26-28,37-39H,10-14,16H2,1-9H3/t17-,19-,23+,24+,26+,27-,28+,31-,32+,33-/m0/s1. The summed E-state index contributed by atoms with van der Waals surface area (Å²) in [6, 6.07) is 0. The zero-order valence-electron chi connectivity index (χ0n) is 26.7. The Morgan fingerprint density at radius 3 is 2.36 bits per heavy atom. The molecular formula is C33H50O9. The van der Waals surface area contributed by atoms with Crippen LogP contribution in [0.15, 0.2) is 23.0 Å². The third kappa shape index (κ3) is 5.39. The Labute approximate surface area is 249 Å². The molecule has 0 aromatic heterocycles. The van der Waals surface area contributed by atoms with Gasteiger partial charge < -0.3 is 29.5 Å². The van der Waals surface area contributed by atoms with Crippen molar-refractivity contribution in [1.82, 2.24) is 0 Å². The van der Waals surface area contributed by atoms with E-state index in [0.717, 1.165) is 0 Å². The van der Waals surface area contributed by atoms with Gasteiger partial charge in [-0.3, -0.25) is 14.4 Å². The van der Waals surface area contributed by atoms with Gasteiger partial charge in [-0.25, -0.2) is 0 Å². The summed E-state index contributed by atoms with van der Waals surface area (Å²) in [4.78, 5) is 38.6. The van der Waals surface area contributed by atoms with Gasteiger partial charge in [0.05, 0.1) is 29.5 Å². The number of hydrogen-bond acceptors (Lipinski definition) is 9. The molecule has 1 saturated carbocycles. The second kappa shape index (κ2) is 11.1. The van der Waals surface area contributed by atoms with Gasteiger partial charge in [-0.1, -0.05) is 34.1 Å². The maximum Gasteiger partial charge on any atom is 0.302 e. The predicted molar refractivity (Wildman–Crippen MR) is 155 cm³/mol. The fourth-order valence-corrected chi connectivity index (χ4v) is 8.36. The van der Waals surface area contributed by atoms with Gasteiger partial charge in [0, 0.05) is 30.6 Å². The van der Waals surface area contributed by atoms with Crippen LogP contribution in [0.25, 0.3) is 0 Å². The number of hydrogen-bond donors (Lipinski definition) is 3. The summed E-state index contributed by atoms with van der Waals surface area (Å²) in [5.74, 6) is -2.59. The van der Waals surface area contributed by atoms with Crippen LogP contribution in [0, 0.1) is 23.2 Å². The second-order valence-corrected chi connectivity index (χ2v) is 14.4. The Balaban J connectivity index is 1.80. The molecule has 4 rings (SSSR count). The lowest BCUT2D eigenvalue weighted by molar-refractivity contribution is -0.265. The van der Waals surface area contributed by atoms with Crippen LogP contribution in [-0.2, 0) is 28.6 Å². The third-order valence-electron chi connectivity index (χ3n) is 10.7. The van der Waals surface area contributed by atoms with E-state index in [1.54, 1.807) is 20.8 Å². The van der Waals surface area contributed by atoms with E-state index in [2.05, 4.69) is 0 Å². The Morgan fingerprint density at radius 2 is 1.81 bits per heavy atom. The zero-order valence-corrected chi connectivity index (χ0v) is 26.7. The van der Waals surface area contributed by atoms with Crippen molar-refractivity contribution in [3.63, 3.8) is 0 Å². The van der Waals surface area contributed by atoms with Gasteiger partial charge in [0.25, 0.3) is 0 Å². The summed E-state index contributed by atoms with van der Waals surface area (Å²) in [6.07, 6.45) is 1.42. The minimum absolute atomic E-state index is 0.0313. The van der Waals surface area contributed by atoms with E-state index >= 15 is 0 Å². The third-order valence-corrected chi connectivity index (χ3v) is 10.7.